The second kappa shape index (κ2) is 5.16. The van der Waals surface area contributed by atoms with E-state index in [2.05, 4.69) is 5.32 Å². The maximum atomic E-state index is 6.19. The van der Waals surface area contributed by atoms with Gasteiger partial charge in [0.1, 0.15) is 11.9 Å². The van der Waals surface area contributed by atoms with Gasteiger partial charge in [0, 0.05) is 29.0 Å². The first-order chi connectivity index (χ1) is 9.15. The number of hydrogen-bond acceptors (Lipinski definition) is 2. The van der Waals surface area contributed by atoms with Crippen LogP contribution in [-0.2, 0) is 0 Å². The quantitative estimate of drug-likeness (QED) is 0.899. The Morgan fingerprint density at radius 1 is 1.26 bits per heavy atom. The Morgan fingerprint density at radius 2 is 2.00 bits per heavy atom. The van der Waals surface area contributed by atoms with Crippen LogP contribution < -0.4 is 10.1 Å². The Bertz CT molecular complexity index is 471. The SMILES string of the molecule is CNC1CC(Oc2cc(Cl)ccc2Cl)C12CCCC2. The molecule has 4 heteroatoms. The molecule has 0 bridgehead atoms. The third kappa shape index (κ3) is 2.24. The zero-order chi connectivity index (χ0) is 13.5. The van der Waals surface area contributed by atoms with Gasteiger partial charge in [0.05, 0.1) is 5.02 Å². The van der Waals surface area contributed by atoms with Crippen LogP contribution in [0.1, 0.15) is 32.1 Å². The number of nitrogens with one attached hydrogen (secondary N) is 1. The number of ether oxygens (including phenoxy) is 1. The van der Waals surface area contributed by atoms with Crippen LogP contribution >= 0.6 is 23.2 Å². The molecule has 2 aliphatic carbocycles. The van der Waals surface area contributed by atoms with Gasteiger partial charge in [-0.05, 0) is 32.0 Å². The first kappa shape index (κ1) is 13.5. The van der Waals surface area contributed by atoms with Gasteiger partial charge in [-0.1, -0.05) is 36.0 Å². The summed E-state index contributed by atoms with van der Waals surface area (Å²) in [4.78, 5) is 0. The molecule has 2 aliphatic rings. The summed E-state index contributed by atoms with van der Waals surface area (Å²) in [7, 11) is 2.05. The molecule has 3 rings (SSSR count). The largest absolute Gasteiger partial charge is 0.488 e. The van der Waals surface area contributed by atoms with Crippen molar-refractivity contribution in [2.45, 2.75) is 44.2 Å². The van der Waals surface area contributed by atoms with Crippen LogP contribution in [0.3, 0.4) is 0 Å². The highest BCUT2D eigenvalue weighted by atomic mass is 35.5. The van der Waals surface area contributed by atoms with Crippen LogP contribution in [-0.4, -0.2) is 19.2 Å². The molecule has 104 valence electrons. The van der Waals surface area contributed by atoms with E-state index in [4.69, 9.17) is 27.9 Å². The zero-order valence-electron chi connectivity index (χ0n) is 11.1. The Morgan fingerprint density at radius 3 is 2.68 bits per heavy atom. The van der Waals surface area contributed by atoms with Crippen molar-refractivity contribution in [1.82, 2.24) is 5.32 Å². The molecule has 2 nitrogen and oxygen atoms in total. The molecule has 0 amide bonds. The van der Waals surface area contributed by atoms with Gasteiger partial charge >= 0.3 is 0 Å². The Hall–Kier alpha value is -0.440. The van der Waals surface area contributed by atoms with E-state index in [1.54, 1.807) is 12.1 Å². The summed E-state index contributed by atoms with van der Waals surface area (Å²) in [6, 6.07) is 5.99. The molecule has 0 radical (unpaired) electrons. The minimum Gasteiger partial charge on any atom is -0.488 e. The van der Waals surface area contributed by atoms with E-state index in [9.17, 15) is 0 Å². The molecule has 2 unspecified atom stereocenters. The van der Waals surface area contributed by atoms with Gasteiger partial charge in [-0.3, -0.25) is 0 Å². The molecule has 1 N–H and O–H groups in total. The van der Waals surface area contributed by atoms with E-state index >= 15 is 0 Å². The van der Waals surface area contributed by atoms with Crippen molar-refractivity contribution >= 4 is 23.2 Å². The summed E-state index contributed by atoms with van der Waals surface area (Å²) in [6.45, 7) is 0. The fourth-order valence-electron chi connectivity index (χ4n) is 3.74. The molecule has 2 saturated carbocycles. The first-order valence-corrected chi connectivity index (χ1v) is 7.70. The smallest absolute Gasteiger partial charge is 0.139 e. The van der Waals surface area contributed by atoms with Crippen LogP contribution in [0.25, 0.3) is 0 Å². The van der Waals surface area contributed by atoms with Gasteiger partial charge in [0.15, 0.2) is 0 Å². The monoisotopic (exact) mass is 299 g/mol. The number of hydrogen-bond donors (Lipinski definition) is 1. The van der Waals surface area contributed by atoms with Gasteiger partial charge in [0.25, 0.3) is 0 Å². The van der Waals surface area contributed by atoms with Gasteiger partial charge < -0.3 is 10.1 Å². The predicted octanol–water partition coefficient (Wildman–Crippen LogP) is 4.29. The molecule has 1 aromatic carbocycles. The van der Waals surface area contributed by atoms with E-state index in [-0.39, 0.29) is 6.10 Å². The summed E-state index contributed by atoms with van der Waals surface area (Å²) in [5, 5.41) is 4.75. The molecule has 1 aromatic rings. The lowest BCUT2D eigenvalue weighted by atomic mass is 9.60. The van der Waals surface area contributed by atoms with E-state index in [1.165, 1.54) is 25.7 Å². The molecule has 2 atom stereocenters. The van der Waals surface area contributed by atoms with Crippen molar-refractivity contribution < 1.29 is 4.74 Å². The number of halogens is 2. The standard InChI is InChI=1S/C15H19Cl2NO/c1-18-13-9-14(15(13)6-2-3-7-15)19-12-8-10(16)4-5-11(12)17/h4-5,8,13-14,18H,2-3,6-7,9H2,1H3. The normalized spacial score (nSPS) is 28.4. The summed E-state index contributed by atoms with van der Waals surface area (Å²) < 4.78 is 6.18. The molecular weight excluding hydrogens is 281 g/mol. The fraction of sp³-hybridized carbons (Fsp3) is 0.600. The van der Waals surface area contributed by atoms with Crippen LogP contribution in [0.5, 0.6) is 5.75 Å². The van der Waals surface area contributed by atoms with Crippen LogP contribution in [0.4, 0.5) is 0 Å². The Balaban J connectivity index is 1.78. The fourth-order valence-corrected chi connectivity index (χ4v) is 4.07. The first-order valence-electron chi connectivity index (χ1n) is 6.95. The summed E-state index contributed by atoms with van der Waals surface area (Å²) in [5.41, 5.74) is 0.306. The molecule has 2 fully saturated rings. The lowest BCUT2D eigenvalue weighted by Gasteiger charge is -2.53. The van der Waals surface area contributed by atoms with Gasteiger partial charge in [-0.15, -0.1) is 0 Å². The molecule has 0 aromatic heterocycles. The van der Waals surface area contributed by atoms with E-state index in [1.807, 2.05) is 13.1 Å². The maximum Gasteiger partial charge on any atom is 0.139 e. The third-order valence-electron chi connectivity index (χ3n) is 4.83. The van der Waals surface area contributed by atoms with E-state index in [0.717, 1.165) is 12.2 Å². The molecule has 0 saturated heterocycles. The highest BCUT2D eigenvalue weighted by Gasteiger charge is 2.57. The summed E-state index contributed by atoms with van der Waals surface area (Å²) in [5.74, 6) is 0.722. The van der Waals surface area contributed by atoms with Crippen molar-refractivity contribution in [1.29, 1.82) is 0 Å². The van der Waals surface area contributed by atoms with Gasteiger partial charge in [-0.2, -0.15) is 0 Å². The second-order valence-corrected chi connectivity index (χ2v) is 6.54. The average molecular weight is 300 g/mol. The van der Waals surface area contributed by atoms with Crippen LogP contribution in [0.2, 0.25) is 10.0 Å². The highest BCUT2D eigenvalue weighted by molar-refractivity contribution is 6.34. The van der Waals surface area contributed by atoms with Gasteiger partial charge in [-0.25, -0.2) is 0 Å². The van der Waals surface area contributed by atoms with Crippen LogP contribution in [0.15, 0.2) is 18.2 Å². The molecule has 0 heterocycles. The Kier molecular flexibility index (Phi) is 3.67. The minimum atomic E-state index is 0.267. The van der Waals surface area contributed by atoms with E-state index < -0.39 is 0 Å². The number of benzene rings is 1. The van der Waals surface area contributed by atoms with Crippen molar-refractivity contribution in [3.63, 3.8) is 0 Å². The lowest BCUT2D eigenvalue weighted by molar-refractivity contribution is -0.0735. The van der Waals surface area contributed by atoms with Crippen molar-refractivity contribution in [2.75, 3.05) is 7.05 Å². The van der Waals surface area contributed by atoms with Gasteiger partial charge in [0.2, 0.25) is 0 Å². The third-order valence-corrected chi connectivity index (χ3v) is 5.38. The predicted molar refractivity (Wildman–Crippen MR) is 79.2 cm³/mol. The van der Waals surface area contributed by atoms with Crippen molar-refractivity contribution in [2.24, 2.45) is 5.41 Å². The lowest BCUT2D eigenvalue weighted by Crippen LogP contribution is -2.63. The maximum absolute atomic E-state index is 6.19. The summed E-state index contributed by atoms with van der Waals surface area (Å²) >= 11 is 12.2. The Labute approximate surface area is 124 Å². The molecule has 19 heavy (non-hydrogen) atoms. The highest BCUT2D eigenvalue weighted by Crippen LogP contribution is 2.55. The average Bonchev–Trinajstić information content (AvgIpc) is 2.90. The van der Waals surface area contributed by atoms with Crippen molar-refractivity contribution in [3.8, 4) is 5.75 Å². The van der Waals surface area contributed by atoms with Crippen molar-refractivity contribution in [3.05, 3.63) is 28.2 Å². The molecular formula is C15H19Cl2NO. The zero-order valence-corrected chi connectivity index (χ0v) is 12.6. The minimum absolute atomic E-state index is 0.267. The topological polar surface area (TPSA) is 21.3 Å². The van der Waals surface area contributed by atoms with Crippen LogP contribution in [0, 0.1) is 5.41 Å². The molecule has 1 spiro atoms. The summed E-state index contributed by atoms with van der Waals surface area (Å²) in [6.07, 6.45) is 6.44. The second-order valence-electron chi connectivity index (χ2n) is 5.70. The number of rotatable bonds is 3. The van der Waals surface area contributed by atoms with E-state index in [0.29, 0.717) is 21.5 Å². The molecule has 0 aliphatic heterocycles.